The van der Waals surface area contributed by atoms with Crippen molar-refractivity contribution >= 4 is 15.9 Å². The Morgan fingerprint density at radius 3 is 2.47 bits per heavy atom. The lowest BCUT2D eigenvalue weighted by Gasteiger charge is -2.07. The fraction of sp³-hybridized carbons (Fsp3) is 0.0769. The van der Waals surface area contributed by atoms with Crippen LogP contribution in [0.1, 0.15) is 5.56 Å². The lowest BCUT2D eigenvalue weighted by Crippen LogP contribution is -1.87. The SMILES string of the molecule is Cc1ccccc1-c1cc(Br)ccc1F. The van der Waals surface area contributed by atoms with Crippen LogP contribution in [0.5, 0.6) is 0 Å². The van der Waals surface area contributed by atoms with Crippen molar-refractivity contribution in [1.29, 1.82) is 0 Å². The third kappa shape index (κ3) is 2.10. The number of aryl methyl sites for hydroxylation is 1. The van der Waals surface area contributed by atoms with Crippen molar-refractivity contribution in [3.05, 3.63) is 58.3 Å². The highest BCUT2D eigenvalue weighted by Crippen LogP contribution is 2.28. The molecule has 2 aromatic carbocycles. The largest absolute Gasteiger partial charge is 0.206 e. The van der Waals surface area contributed by atoms with Crippen molar-refractivity contribution in [2.45, 2.75) is 6.92 Å². The van der Waals surface area contributed by atoms with E-state index in [1.54, 1.807) is 12.1 Å². The first-order chi connectivity index (χ1) is 7.18. The summed E-state index contributed by atoms with van der Waals surface area (Å²) in [5.74, 6) is -0.187. The minimum absolute atomic E-state index is 0.187. The van der Waals surface area contributed by atoms with Crippen molar-refractivity contribution in [2.75, 3.05) is 0 Å². The first-order valence-electron chi connectivity index (χ1n) is 4.69. The molecular formula is C13H10BrF. The van der Waals surface area contributed by atoms with E-state index in [9.17, 15) is 4.39 Å². The van der Waals surface area contributed by atoms with E-state index in [1.807, 2.05) is 31.2 Å². The highest BCUT2D eigenvalue weighted by molar-refractivity contribution is 9.10. The molecule has 0 aliphatic carbocycles. The molecule has 0 unspecified atom stereocenters. The quantitative estimate of drug-likeness (QED) is 0.708. The van der Waals surface area contributed by atoms with Crippen LogP contribution >= 0.6 is 15.9 Å². The molecule has 0 heterocycles. The summed E-state index contributed by atoms with van der Waals surface area (Å²) in [5, 5.41) is 0. The molecule has 0 atom stereocenters. The Bertz CT molecular complexity index is 492. The van der Waals surface area contributed by atoms with Crippen molar-refractivity contribution in [1.82, 2.24) is 0 Å². The van der Waals surface area contributed by atoms with Gasteiger partial charge in [0.25, 0.3) is 0 Å². The molecule has 0 saturated heterocycles. The van der Waals surface area contributed by atoms with Crippen LogP contribution in [-0.2, 0) is 0 Å². The highest BCUT2D eigenvalue weighted by atomic mass is 79.9. The molecule has 0 nitrogen and oxygen atoms in total. The third-order valence-electron chi connectivity index (χ3n) is 2.36. The fourth-order valence-electron chi connectivity index (χ4n) is 1.58. The average molecular weight is 265 g/mol. The molecule has 15 heavy (non-hydrogen) atoms. The van der Waals surface area contributed by atoms with Gasteiger partial charge in [-0.15, -0.1) is 0 Å². The van der Waals surface area contributed by atoms with Gasteiger partial charge in [0.15, 0.2) is 0 Å². The maximum Gasteiger partial charge on any atom is 0.131 e. The summed E-state index contributed by atoms with van der Waals surface area (Å²) < 4.78 is 14.5. The molecule has 0 spiro atoms. The first-order valence-corrected chi connectivity index (χ1v) is 5.49. The monoisotopic (exact) mass is 264 g/mol. The highest BCUT2D eigenvalue weighted by Gasteiger charge is 2.07. The van der Waals surface area contributed by atoms with E-state index in [1.165, 1.54) is 6.07 Å². The lowest BCUT2D eigenvalue weighted by molar-refractivity contribution is 0.631. The van der Waals surface area contributed by atoms with Gasteiger partial charge < -0.3 is 0 Å². The normalized spacial score (nSPS) is 10.3. The number of benzene rings is 2. The molecule has 2 aromatic rings. The molecule has 0 bridgehead atoms. The predicted octanol–water partition coefficient (Wildman–Crippen LogP) is 4.56. The zero-order valence-electron chi connectivity index (χ0n) is 8.30. The van der Waals surface area contributed by atoms with Gasteiger partial charge in [0.1, 0.15) is 5.82 Å². The van der Waals surface area contributed by atoms with Gasteiger partial charge in [-0.3, -0.25) is 0 Å². The van der Waals surface area contributed by atoms with Gasteiger partial charge in [0.05, 0.1) is 0 Å². The molecule has 0 aromatic heterocycles. The van der Waals surface area contributed by atoms with Crippen LogP contribution in [0.2, 0.25) is 0 Å². The van der Waals surface area contributed by atoms with Gasteiger partial charge in [-0.05, 0) is 36.2 Å². The maximum atomic E-state index is 13.6. The number of halogens is 2. The van der Waals surface area contributed by atoms with E-state index < -0.39 is 0 Å². The molecule has 0 saturated carbocycles. The summed E-state index contributed by atoms with van der Waals surface area (Å²) in [6, 6.07) is 12.8. The van der Waals surface area contributed by atoms with E-state index in [0.717, 1.165) is 15.6 Å². The molecule has 0 aliphatic heterocycles. The third-order valence-corrected chi connectivity index (χ3v) is 2.86. The Morgan fingerprint density at radius 1 is 1.00 bits per heavy atom. The Labute approximate surface area is 96.9 Å². The Morgan fingerprint density at radius 2 is 1.73 bits per heavy atom. The number of hydrogen-bond donors (Lipinski definition) is 0. The van der Waals surface area contributed by atoms with E-state index in [2.05, 4.69) is 15.9 Å². The summed E-state index contributed by atoms with van der Waals surface area (Å²) in [7, 11) is 0. The summed E-state index contributed by atoms with van der Waals surface area (Å²) in [5.41, 5.74) is 2.66. The molecule has 76 valence electrons. The smallest absolute Gasteiger partial charge is 0.131 e. The molecule has 0 aliphatic rings. The Hall–Kier alpha value is -1.15. The van der Waals surface area contributed by atoms with Gasteiger partial charge in [0.2, 0.25) is 0 Å². The summed E-state index contributed by atoms with van der Waals surface area (Å²) in [6.07, 6.45) is 0. The van der Waals surface area contributed by atoms with Crippen molar-refractivity contribution in [3.8, 4) is 11.1 Å². The van der Waals surface area contributed by atoms with Gasteiger partial charge in [-0.1, -0.05) is 40.2 Å². The molecule has 2 heteroatoms. The first kappa shape index (κ1) is 10.4. The van der Waals surface area contributed by atoms with E-state index >= 15 is 0 Å². The van der Waals surface area contributed by atoms with Gasteiger partial charge in [0, 0.05) is 10.0 Å². The van der Waals surface area contributed by atoms with E-state index in [-0.39, 0.29) is 5.82 Å². The van der Waals surface area contributed by atoms with Crippen molar-refractivity contribution in [2.24, 2.45) is 0 Å². The molecule has 0 N–H and O–H groups in total. The minimum Gasteiger partial charge on any atom is -0.206 e. The van der Waals surface area contributed by atoms with Crippen molar-refractivity contribution in [3.63, 3.8) is 0 Å². The predicted molar refractivity (Wildman–Crippen MR) is 64.3 cm³/mol. The van der Waals surface area contributed by atoms with Gasteiger partial charge in [-0.2, -0.15) is 0 Å². The van der Waals surface area contributed by atoms with Crippen molar-refractivity contribution < 1.29 is 4.39 Å². The molecule has 0 amide bonds. The van der Waals surface area contributed by atoms with Crippen LogP contribution in [0.15, 0.2) is 46.9 Å². The molecule has 2 rings (SSSR count). The van der Waals surface area contributed by atoms with E-state index in [4.69, 9.17) is 0 Å². The number of hydrogen-bond acceptors (Lipinski definition) is 0. The van der Waals surface area contributed by atoms with Crippen LogP contribution in [-0.4, -0.2) is 0 Å². The van der Waals surface area contributed by atoms with Crippen LogP contribution in [0, 0.1) is 12.7 Å². The topological polar surface area (TPSA) is 0 Å². The minimum atomic E-state index is -0.187. The second-order valence-corrected chi connectivity index (χ2v) is 4.35. The van der Waals surface area contributed by atoms with E-state index in [0.29, 0.717) is 5.56 Å². The van der Waals surface area contributed by atoms with Crippen LogP contribution in [0.25, 0.3) is 11.1 Å². The molecule has 0 fully saturated rings. The average Bonchev–Trinajstić information content (AvgIpc) is 2.23. The maximum absolute atomic E-state index is 13.6. The van der Waals surface area contributed by atoms with Crippen LogP contribution in [0.4, 0.5) is 4.39 Å². The Balaban J connectivity index is 2.64. The van der Waals surface area contributed by atoms with Gasteiger partial charge in [-0.25, -0.2) is 4.39 Å². The lowest BCUT2D eigenvalue weighted by atomic mass is 10.0. The van der Waals surface area contributed by atoms with Gasteiger partial charge >= 0.3 is 0 Å². The second kappa shape index (κ2) is 4.15. The number of rotatable bonds is 1. The standard InChI is InChI=1S/C13H10BrF/c1-9-4-2-3-5-11(9)12-8-10(14)6-7-13(12)15/h2-8H,1H3. The summed E-state index contributed by atoms with van der Waals surface area (Å²) in [6.45, 7) is 1.98. The van der Waals surface area contributed by atoms with Crippen LogP contribution in [0.3, 0.4) is 0 Å². The summed E-state index contributed by atoms with van der Waals surface area (Å²) >= 11 is 3.35. The Kier molecular flexibility index (Phi) is 2.87. The zero-order chi connectivity index (χ0) is 10.8. The molecule has 0 radical (unpaired) electrons. The zero-order valence-corrected chi connectivity index (χ0v) is 9.88. The fourth-order valence-corrected chi connectivity index (χ4v) is 1.94. The second-order valence-electron chi connectivity index (χ2n) is 3.44. The molecular weight excluding hydrogens is 255 g/mol. The van der Waals surface area contributed by atoms with Crippen LogP contribution < -0.4 is 0 Å². The summed E-state index contributed by atoms with van der Waals surface area (Å²) in [4.78, 5) is 0.